The Hall–Kier alpha value is -3.06. The Kier molecular flexibility index (Phi) is 5.16. The number of methoxy groups -OCH3 is 2. The second-order valence-corrected chi connectivity index (χ2v) is 6.89. The van der Waals surface area contributed by atoms with Gasteiger partial charge in [0.25, 0.3) is 0 Å². The predicted octanol–water partition coefficient (Wildman–Crippen LogP) is 3.70. The quantitative estimate of drug-likeness (QED) is 0.681. The van der Waals surface area contributed by atoms with Gasteiger partial charge in [0, 0.05) is 43.4 Å². The molecule has 0 radical (unpaired) electrons. The summed E-state index contributed by atoms with van der Waals surface area (Å²) in [5.74, 6) is 1.45. The van der Waals surface area contributed by atoms with Gasteiger partial charge in [0.05, 0.1) is 25.9 Å². The fourth-order valence-electron chi connectivity index (χ4n) is 3.60. The molecule has 2 aromatic heterocycles. The molecule has 3 aromatic rings. The van der Waals surface area contributed by atoms with Gasteiger partial charge in [0.2, 0.25) is 0 Å². The molecule has 0 unspecified atom stereocenters. The van der Waals surface area contributed by atoms with E-state index < -0.39 is 0 Å². The van der Waals surface area contributed by atoms with Crippen molar-refractivity contribution in [1.82, 2.24) is 14.5 Å². The van der Waals surface area contributed by atoms with Crippen LogP contribution in [0, 0.1) is 0 Å². The van der Waals surface area contributed by atoms with E-state index in [-0.39, 0.29) is 6.04 Å². The Balaban J connectivity index is 1.67. The summed E-state index contributed by atoms with van der Waals surface area (Å²) in [6.07, 6.45) is 5.75. The van der Waals surface area contributed by atoms with Crippen LogP contribution in [0.15, 0.2) is 61.1 Å². The molecule has 0 amide bonds. The number of ether oxygens (including phenoxy) is 2. The van der Waals surface area contributed by atoms with Crippen molar-refractivity contribution in [2.24, 2.45) is 0 Å². The van der Waals surface area contributed by atoms with E-state index in [1.807, 2.05) is 42.7 Å². The van der Waals surface area contributed by atoms with Crippen molar-refractivity contribution in [3.63, 3.8) is 0 Å². The zero-order valence-electron chi connectivity index (χ0n) is 15.8. The van der Waals surface area contributed by atoms with E-state index in [4.69, 9.17) is 21.7 Å². The van der Waals surface area contributed by atoms with Crippen LogP contribution in [-0.2, 0) is 6.54 Å². The van der Waals surface area contributed by atoms with Crippen molar-refractivity contribution in [2.75, 3.05) is 26.1 Å². The first-order valence-corrected chi connectivity index (χ1v) is 9.46. The number of hydrogen-bond donors (Lipinski definition) is 1. The number of thiocarbonyl (C=S) groups is 1. The molecule has 3 heterocycles. The summed E-state index contributed by atoms with van der Waals surface area (Å²) in [4.78, 5) is 6.37. The lowest BCUT2D eigenvalue weighted by Gasteiger charge is -2.39. The number of aromatic nitrogens is 2. The van der Waals surface area contributed by atoms with Crippen LogP contribution in [0.1, 0.15) is 17.3 Å². The highest BCUT2D eigenvalue weighted by molar-refractivity contribution is 7.80. The molecule has 1 atom stereocenters. The molecule has 7 heteroatoms. The molecule has 28 heavy (non-hydrogen) atoms. The zero-order chi connectivity index (χ0) is 19.5. The first-order valence-electron chi connectivity index (χ1n) is 9.06. The number of nitrogens with zero attached hydrogens (tertiary/aromatic N) is 3. The van der Waals surface area contributed by atoms with E-state index in [2.05, 4.69) is 38.1 Å². The molecular formula is C21H22N4O2S. The number of hydrogen-bond acceptors (Lipinski definition) is 4. The number of rotatable bonds is 4. The smallest absolute Gasteiger partial charge is 0.174 e. The highest BCUT2D eigenvalue weighted by Gasteiger charge is 2.30. The topological polar surface area (TPSA) is 51.6 Å². The number of fused-ring (bicyclic) bond motifs is 1. The van der Waals surface area contributed by atoms with Crippen LogP contribution >= 0.6 is 12.2 Å². The molecule has 4 rings (SSSR count). The average molecular weight is 395 g/mol. The van der Waals surface area contributed by atoms with E-state index in [1.54, 1.807) is 14.2 Å². The van der Waals surface area contributed by atoms with Gasteiger partial charge in [0.1, 0.15) is 11.5 Å². The zero-order valence-corrected chi connectivity index (χ0v) is 16.6. The van der Waals surface area contributed by atoms with Crippen LogP contribution in [0.5, 0.6) is 11.5 Å². The van der Waals surface area contributed by atoms with Crippen molar-refractivity contribution in [3.8, 4) is 11.5 Å². The van der Waals surface area contributed by atoms with Gasteiger partial charge in [-0.1, -0.05) is 0 Å². The summed E-state index contributed by atoms with van der Waals surface area (Å²) in [6.45, 7) is 1.67. The van der Waals surface area contributed by atoms with Gasteiger partial charge in [-0.2, -0.15) is 0 Å². The minimum absolute atomic E-state index is 0.0170. The molecule has 1 aliphatic rings. The molecule has 0 fully saturated rings. The van der Waals surface area contributed by atoms with Crippen molar-refractivity contribution in [1.29, 1.82) is 0 Å². The van der Waals surface area contributed by atoms with Gasteiger partial charge in [-0.3, -0.25) is 4.98 Å². The molecule has 0 spiro atoms. The lowest BCUT2D eigenvalue weighted by Crippen LogP contribution is -2.44. The van der Waals surface area contributed by atoms with E-state index in [1.165, 1.54) is 5.69 Å². The number of pyridine rings is 1. The molecule has 1 N–H and O–H groups in total. The average Bonchev–Trinajstić information content (AvgIpc) is 3.22. The Bertz CT molecular complexity index is 974. The normalized spacial score (nSPS) is 15.6. The van der Waals surface area contributed by atoms with Crippen molar-refractivity contribution in [2.45, 2.75) is 12.6 Å². The Morgan fingerprint density at radius 2 is 1.93 bits per heavy atom. The molecule has 0 aliphatic carbocycles. The van der Waals surface area contributed by atoms with Crippen molar-refractivity contribution >= 4 is 23.0 Å². The fourth-order valence-corrected chi connectivity index (χ4v) is 3.90. The molecule has 0 saturated carbocycles. The third-order valence-corrected chi connectivity index (χ3v) is 5.31. The molecular weight excluding hydrogens is 372 g/mol. The van der Waals surface area contributed by atoms with Gasteiger partial charge in [0.15, 0.2) is 5.11 Å². The third-order valence-electron chi connectivity index (χ3n) is 4.97. The maximum Gasteiger partial charge on any atom is 0.174 e. The Morgan fingerprint density at radius 3 is 2.68 bits per heavy atom. The second kappa shape index (κ2) is 7.90. The lowest BCUT2D eigenvalue weighted by molar-refractivity contribution is 0.293. The highest BCUT2D eigenvalue weighted by Crippen LogP contribution is 2.34. The van der Waals surface area contributed by atoms with Gasteiger partial charge < -0.3 is 24.3 Å². The van der Waals surface area contributed by atoms with E-state index in [9.17, 15) is 0 Å². The predicted molar refractivity (Wildman–Crippen MR) is 113 cm³/mol. The van der Waals surface area contributed by atoms with Crippen LogP contribution in [0.25, 0.3) is 0 Å². The maximum absolute atomic E-state index is 5.82. The van der Waals surface area contributed by atoms with E-state index in [0.29, 0.717) is 10.9 Å². The third kappa shape index (κ3) is 3.41. The number of benzene rings is 1. The molecule has 1 aromatic carbocycles. The van der Waals surface area contributed by atoms with Crippen LogP contribution in [0.4, 0.5) is 5.69 Å². The number of anilines is 1. The molecule has 6 nitrogen and oxygen atoms in total. The monoisotopic (exact) mass is 394 g/mol. The molecule has 1 aliphatic heterocycles. The van der Waals surface area contributed by atoms with Gasteiger partial charge >= 0.3 is 0 Å². The first-order chi connectivity index (χ1) is 13.7. The van der Waals surface area contributed by atoms with Gasteiger partial charge in [-0.25, -0.2) is 0 Å². The SMILES string of the molecule is COc1ccc(OC)c(NC(=S)N2CCn3cccc3[C@@H]2c2ccncc2)c1. The van der Waals surface area contributed by atoms with Crippen molar-refractivity contribution < 1.29 is 9.47 Å². The second-order valence-electron chi connectivity index (χ2n) is 6.50. The lowest BCUT2D eigenvalue weighted by atomic mass is 10.0. The van der Waals surface area contributed by atoms with Crippen LogP contribution < -0.4 is 14.8 Å². The minimum atomic E-state index is 0.0170. The summed E-state index contributed by atoms with van der Waals surface area (Å²) in [7, 11) is 3.28. The summed E-state index contributed by atoms with van der Waals surface area (Å²) in [5.41, 5.74) is 3.14. The van der Waals surface area contributed by atoms with E-state index >= 15 is 0 Å². The largest absolute Gasteiger partial charge is 0.497 e. The first kappa shape index (κ1) is 18.3. The minimum Gasteiger partial charge on any atom is -0.497 e. The van der Waals surface area contributed by atoms with Crippen LogP contribution in [0.2, 0.25) is 0 Å². The van der Waals surface area contributed by atoms with Crippen molar-refractivity contribution in [3.05, 3.63) is 72.3 Å². The van der Waals surface area contributed by atoms with E-state index in [0.717, 1.165) is 30.1 Å². The summed E-state index contributed by atoms with van der Waals surface area (Å²) in [6, 6.07) is 13.9. The molecule has 0 saturated heterocycles. The van der Waals surface area contributed by atoms with Crippen LogP contribution in [0.3, 0.4) is 0 Å². The fraction of sp³-hybridized carbons (Fsp3) is 0.238. The molecule has 144 valence electrons. The number of nitrogens with one attached hydrogen (secondary N) is 1. The summed E-state index contributed by atoms with van der Waals surface area (Å²) >= 11 is 5.82. The Labute approximate surface area is 169 Å². The standard InChI is InChI=1S/C21H22N4O2S/c1-26-16-5-6-19(27-2)17(14-16)23-21(28)25-13-12-24-11-3-4-18(24)20(25)15-7-9-22-10-8-15/h3-11,14,20H,12-13H2,1-2H3,(H,23,28)/t20-/m0/s1. The summed E-state index contributed by atoms with van der Waals surface area (Å²) < 4.78 is 13.1. The van der Waals surface area contributed by atoms with Crippen LogP contribution in [-0.4, -0.2) is 40.3 Å². The van der Waals surface area contributed by atoms with Gasteiger partial charge in [-0.15, -0.1) is 0 Å². The maximum atomic E-state index is 5.82. The Morgan fingerprint density at radius 1 is 1.11 bits per heavy atom. The molecule has 0 bridgehead atoms. The summed E-state index contributed by atoms with van der Waals surface area (Å²) in [5, 5.41) is 4.00. The highest BCUT2D eigenvalue weighted by atomic mass is 32.1. The van der Waals surface area contributed by atoms with Gasteiger partial charge in [-0.05, 0) is 54.2 Å².